The monoisotopic (exact) mass is 286 g/mol. The lowest BCUT2D eigenvalue weighted by molar-refractivity contribution is -0.142. The molecule has 0 aliphatic carbocycles. The van der Waals surface area contributed by atoms with Gasteiger partial charge in [0.05, 0.1) is 11.1 Å². The summed E-state index contributed by atoms with van der Waals surface area (Å²) in [6.07, 6.45) is -10.9. The summed E-state index contributed by atoms with van der Waals surface area (Å²) in [4.78, 5) is 10.3. The molecule has 0 heterocycles. The highest BCUT2D eigenvalue weighted by molar-refractivity contribution is 5.67. The zero-order valence-electron chi connectivity index (χ0n) is 9.27. The molecule has 106 valence electrons. The second kappa shape index (κ2) is 5.10. The zero-order valence-corrected chi connectivity index (χ0v) is 9.27. The number of hydrogen-bond donors (Lipinski definition) is 1. The molecule has 0 fully saturated rings. The average Bonchev–Trinajstić information content (AvgIpc) is 2.23. The molecule has 0 bridgehead atoms. The number of halogens is 6. The molecule has 0 spiro atoms. The minimum Gasteiger partial charge on any atom is -0.481 e. The van der Waals surface area contributed by atoms with Gasteiger partial charge < -0.3 is 5.11 Å². The lowest BCUT2D eigenvalue weighted by Crippen LogP contribution is -2.13. The van der Waals surface area contributed by atoms with Crippen molar-refractivity contribution in [2.24, 2.45) is 0 Å². The quantitative estimate of drug-likeness (QED) is 0.859. The number of rotatable bonds is 3. The normalized spacial score (nSPS) is 12.5. The molecule has 0 saturated carbocycles. The predicted molar refractivity (Wildman–Crippen MR) is 52.4 cm³/mol. The Hall–Kier alpha value is -1.73. The van der Waals surface area contributed by atoms with E-state index < -0.39 is 47.9 Å². The summed E-state index contributed by atoms with van der Waals surface area (Å²) in [7, 11) is 0. The van der Waals surface area contributed by atoms with Crippen molar-refractivity contribution in [1.29, 1.82) is 0 Å². The number of carboxylic acids is 1. The van der Waals surface area contributed by atoms with Crippen LogP contribution in [0.1, 0.15) is 23.1 Å². The fourth-order valence-electron chi connectivity index (χ4n) is 1.50. The number of benzene rings is 1. The van der Waals surface area contributed by atoms with Crippen molar-refractivity contribution in [3.05, 3.63) is 34.9 Å². The Labute approximate surface area is 103 Å². The first kappa shape index (κ1) is 15.3. The van der Waals surface area contributed by atoms with Gasteiger partial charge in [-0.2, -0.15) is 26.3 Å². The molecule has 0 aromatic heterocycles. The first-order valence-electron chi connectivity index (χ1n) is 5.01. The lowest BCUT2D eigenvalue weighted by Gasteiger charge is -2.15. The molecule has 0 radical (unpaired) electrons. The first-order valence-corrected chi connectivity index (χ1v) is 5.01. The molecule has 1 N–H and O–H groups in total. The van der Waals surface area contributed by atoms with Gasteiger partial charge in [-0.25, -0.2) is 0 Å². The Kier molecular flexibility index (Phi) is 4.12. The predicted octanol–water partition coefficient (Wildman–Crippen LogP) is 3.74. The molecule has 0 atom stereocenters. The Morgan fingerprint density at radius 3 is 2.05 bits per heavy atom. The van der Waals surface area contributed by atoms with Crippen LogP contribution in [-0.2, 0) is 23.6 Å². The van der Waals surface area contributed by atoms with E-state index in [1.165, 1.54) is 0 Å². The van der Waals surface area contributed by atoms with Crippen LogP contribution in [0, 0.1) is 0 Å². The summed E-state index contributed by atoms with van der Waals surface area (Å²) in [5, 5.41) is 8.39. The topological polar surface area (TPSA) is 37.3 Å². The Morgan fingerprint density at radius 1 is 1.05 bits per heavy atom. The number of aliphatic carboxylic acids is 1. The molecule has 1 aromatic rings. The fraction of sp³-hybridized carbons (Fsp3) is 0.364. The molecule has 2 nitrogen and oxygen atoms in total. The van der Waals surface area contributed by atoms with Crippen LogP contribution in [0.5, 0.6) is 0 Å². The number of carbonyl (C=O) groups is 1. The Balaban J connectivity index is 3.22. The van der Waals surface area contributed by atoms with E-state index in [4.69, 9.17) is 5.11 Å². The van der Waals surface area contributed by atoms with Crippen molar-refractivity contribution in [3.8, 4) is 0 Å². The highest BCUT2D eigenvalue weighted by atomic mass is 19.4. The van der Waals surface area contributed by atoms with Gasteiger partial charge >= 0.3 is 18.3 Å². The molecular weight excluding hydrogens is 278 g/mol. The van der Waals surface area contributed by atoms with Gasteiger partial charge in [0.1, 0.15) is 0 Å². The summed E-state index contributed by atoms with van der Waals surface area (Å²) in [5.41, 5.74) is -3.16. The highest BCUT2D eigenvalue weighted by Crippen LogP contribution is 2.36. The van der Waals surface area contributed by atoms with Crippen LogP contribution in [0.2, 0.25) is 0 Å². The molecular formula is C11H8F6O2. The first-order chi connectivity index (χ1) is 8.51. The SMILES string of the molecule is O=C(O)CCc1cc(C(F)(F)F)ccc1C(F)(F)F. The largest absolute Gasteiger partial charge is 0.481 e. The van der Waals surface area contributed by atoms with Gasteiger partial charge in [0.2, 0.25) is 0 Å². The third-order valence-corrected chi connectivity index (χ3v) is 2.35. The number of alkyl halides is 6. The highest BCUT2D eigenvalue weighted by Gasteiger charge is 2.36. The van der Waals surface area contributed by atoms with Crippen molar-refractivity contribution < 1.29 is 36.2 Å². The minimum absolute atomic E-state index is 0.319. The average molecular weight is 286 g/mol. The molecule has 0 aliphatic heterocycles. The van der Waals surface area contributed by atoms with E-state index in [2.05, 4.69) is 0 Å². The van der Waals surface area contributed by atoms with Crippen LogP contribution < -0.4 is 0 Å². The molecule has 19 heavy (non-hydrogen) atoms. The standard InChI is InChI=1S/C11H8F6O2/c12-10(13,14)7-2-3-8(11(15,16)17)6(5-7)1-4-9(18)19/h2-3,5H,1,4H2,(H,18,19). The Bertz CT molecular complexity index is 475. The second-order valence-electron chi connectivity index (χ2n) is 3.76. The fourth-order valence-corrected chi connectivity index (χ4v) is 1.50. The molecule has 8 heteroatoms. The van der Waals surface area contributed by atoms with Crippen molar-refractivity contribution in [1.82, 2.24) is 0 Å². The number of hydrogen-bond acceptors (Lipinski definition) is 1. The van der Waals surface area contributed by atoms with Crippen molar-refractivity contribution in [2.75, 3.05) is 0 Å². The minimum atomic E-state index is -4.82. The molecule has 1 rings (SSSR count). The maximum atomic E-state index is 12.6. The van der Waals surface area contributed by atoms with Gasteiger partial charge in [-0.05, 0) is 30.2 Å². The zero-order chi connectivity index (χ0) is 14.8. The van der Waals surface area contributed by atoms with Crippen LogP contribution in [0.25, 0.3) is 0 Å². The summed E-state index contributed by atoms with van der Waals surface area (Å²) in [6.45, 7) is 0. The summed E-state index contributed by atoms with van der Waals surface area (Å²) in [6, 6.07) is 0.985. The van der Waals surface area contributed by atoms with E-state index in [1.54, 1.807) is 0 Å². The van der Waals surface area contributed by atoms with E-state index in [0.29, 0.717) is 18.2 Å². The third kappa shape index (κ3) is 4.15. The Morgan fingerprint density at radius 2 is 1.63 bits per heavy atom. The van der Waals surface area contributed by atoms with Gasteiger partial charge in [0.15, 0.2) is 0 Å². The van der Waals surface area contributed by atoms with Gasteiger partial charge in [-0.1, -0.05) is 0 Å². The molecule has 1 aromatic carbocycles. The lowest BCUT2D eigenvalue weighted by atomic mass is 9.99. The van der Waals surface area contributed by atoms with Crippen LogP contribution in [0.4, 0.5) is 26.3 Å². The summed E-state index contributed by atoms with van der Waals surface area (Å²) >= 11 is 0. The van der Waals surface area contributed by atoms with Gasteiger partial charge in [0, 0.05) is 6.42 Å². The maximum absolute atomic E-state index is 12.6. The van der Waals surface area contributed by atoms with E-state index in [9.17, 15) is 31.1 Å². The smallest absolute Gasteiger partial charge is 0.416 e. The third-order valence-electron chi connectivity index (χ3n) is 2.35. The maximum Gasteiger partial charge on any atom is 0.416 e. The molecule has 0 unspecified atom stereocenters. The van der Waals surface area contributed by atoms with Gasteiger partial charge in [0.25, 0.3) is 0 Å². The molecule has 0 aliphatic rings. The van der Waals surface area contributed by atoms with Crippen LogP contribution in [0.15, 0.2) is 18.2 Å². The van der Waals surface area contributed by atoms with E-state index >= 15 is 0 Å². The van der Waals surface area contributed by atoms with E-state index in [1.807, 2.05) is 0 Å². The second-order valence-corrected chi connectivity index (χ2v) is 3.76. The van der Waals surface area contributed by atoms with Gasteiger partial charge in [-0.15, -0.1) is 0 Å². The van der Waals surface area contributed by atoms with Gasteiger partial charge in [-0.3, -0.25) is 4.79 Å². The summed E-state index contributed by atoms with van der Waals surface area (Å²) in [5.74, 6) is -1.38. The van der Waals surface area contributed by atoms with Crippen molar-refractivity contribution >= 4 is 5.97 Å². The van der Waals surface area contributed by atoms with Crippen LogP contribution in [0.3, 0.4) is 0 Å². The number of aryl methyl sites for hydroxylation is 1. The van der Waals surface area contributed by atoms with E-state index in [-0.39, 0.29) is 0 Å². The van der Waals surface area contributed by atoms with Crippen LogP contribution in [-0.4, -0.2) is 11.1 Å². The van der Waals surface area contributed by atoms with Crippen molar-refractivity contribution in [3.63, 3.8) is 0 Å². The molecule has 0 amide bonds. The van der Waals surface area contributed by atoms with Crippen molar-refractivity contribution in [2.45, 2.75) is 25.2 Å². The summed E-state index contributed by atoms with van der Waals surface area (Å²) < 4.78 is 74.9. The number of carboxylic acid groups (broad SMARTS) is 1. The van der Waals surface area contributed by atoms with Crippen LogP contribution >= 0.6 is 0 Å². The molecule has 0 saturated heterocycles. The van der Waals surface area contributed by atoms with E-state index in [0.717, 1.165) is 0 Å².